The van der Waals surface area contributed by atoms with Crippen molar-refractivity contribution in [1.82, 2.24) is 14.3 Å². The van der Waals surface area contributed by atoms with Gasteiger partial charge in [-0.25, -0.2) is 0 Å². The van der Waals surface area contributed by atoms with Crippen LogP contribution in [0.1, 0.15) is 25.3 Å². The first-order valence-corrected chi connectivity index (χ1v) is 11.3. The third-order valence-electron chi connectivity index (χ3n) is 4.89. The van der Waals surface area contributed by atoms with Crippen molar-refractivity contribution in [1.29, 1.82) is 0 Å². The van der Waals surface area contributed by atoms with E-state index in [1.54, 1.807) is 60.7 Å². The number of benzene rings is 1. The third kappa shape index (κ3) is 4.39. The maximum absolute atomic E-state index is 13.3. The Balaban J connectivity index is 1.78. The molecule has 0 spiro atoms. The molecule has 3 heterocycles. The molecule has 1 aliphatic rings. The lowest BCUT2D eigenvalue weighted by Gasteiger charge is -2.13. The summed E-state index contributed by atoms with van der Waals surface area (Å²) in [6, 6.07) is 12.2. The molecular formula is C23H21N3O4S2. The summed E-state index contributed by atoms with van der Waals surface area (Å²) in [5.41, 5.74) is 0.284. The van der Waals surface area contributed by atoms with Crippen molar-refractivity contribution in [3.8, 4) is 17.4 Å². The standard InChI is InChI=1S/C23H21N3O4S2/c1-3-4-12-26-22(28)18(32-23(26)31)14-17-20(30-16-10-8-15(29-2)9-11-16)24-19-7-5-6-13-25(19)21(17)27/h5-11,13-14H,3-4,12H2,1-2H3/b18-14-. The monoisotopic (exact) mass is 467 g/mol. The molecule has 0 bridgehead atoms. The zero-order valence-electron chi connectivity index (χ0n) is 17.6. The number of hydrogen-bond acceptors (Lipinski definition) is 7. The third-order valence-corrected chi connectivity index (χ3v) is 6.27. The highest BCUT2D eigenvalue weighted by Crippen LogP contribution is 2.34. The summed E-state index contributed by atoms with van der Waals surface area (Å²) < 4.78 is 13.1. The van der Waals surface area contributed by atoms with Gasteiger partial charge in [0.1, 0.15) is 27.0 Å². The minimum Gasteiger partial charge on any atom is -0.497 e. The van der Waals surface area contributed by atoms with E-state index >= 15 is 0 Å². The number of thioether (sulfide) groups is 1. The van der Waals surface area contributed by atoms with Crippen molar-refractivity contribution in [2.24, 2.45) is 0 Å². The number of rotatable bonds is 7. The SMILES string of the molecule is CCCCN1C(=O)/C(=C/c2c(Oc3ccc(OC)cc3)nc3ccccn3c2=O)SC1=S. The van der Waals surface area contributed by atoms with Gasteiger partial charge in [-0.15, -0.1) is 0 Å². The molecule has 3 aromatic rings. The topological polar surface area (TPSA) is 73.1 Å². The predicted octanol–water partition coefficient (Wildman–Crippen LogP) is 4.50. The molecule has 4 rings (SSSR count). The van der Waals surface area contributed by atoms with Crippen LogP contribution in [0.25, 0.3) is 11.7 Å². The summed E-state index contributed by atoms with van der Waals surface area (Å²) in [6.07, 6.45) is 4.96. The van der Waals surface area contributed by atoms with E-state index in [4.69, 9.17) is 21.7 Å². The zero-order chi connectivity index (χ0) is 22.7. The second kappa shape index (κ2) is 9.54. The Bertz CT molecular complexity index is 1270. The Hall–Kier alpha value is -3.17. The van der Waals surface area contributed by atoms with Crippen LogP contribution in [0.4, 0.5) is 0 Å². The van der Waals surface area contributed by atoms with E-state index in [9.17, 15) is 9.59 Å². The van der Waals surface area contributed by atoms with Gasteiger partial charge in [-0.1, -0.05) is 43.4 Å². The van der Waals surface area contributed by atoms with Crippen molar-refractivity contribution in [2.75, 3.05) is 13.7 Å². The summed E-state index contributed by atoms with van der Waals surface area (Å²) in [5.74, 6) is 1.08. The summed E-state index contributed by atoms with van der Waals surface area (Å²) in [7, 11) is 1.58. The van der Waals surface area contributed by atoms with Crippen LogP contribution in [0, 0.1) is 0 Å². The van der Waals surface area contributed by atoms with Crippen LogP contribution in [-0.2, 0) is 4.79 Å². The summed E-state index contributed by atoms with van der Waals surface area (Å²) in [6.45, 7) is 2.61. The van der Waals surface area contributed by atoms with Gasteiger partial charge in [-0.05, 0) is 48.9 Å². The Labute approximate surface area is 194 Å². The summed E-state index contributed by atoms with van der Waals surface area (Å²) in [4.78, 5) is 32.7. The van der Waals surface area contributed by atoms with E-state index in [0.717, 1.165) is 12.8 Å². The fourth-order valence-electron chi connectivity index (χ4n) is 3.18. The molecule has 2 aromatic heterocycles. The van der Waals surface area contributed by atoms with Crippen LogP contribution in [0.15, 0.2) is 58.4 Å². The quantitative estimate of drug-likeness (QED) is 0.374. The molecule has 0 radical (unpaired) electrons. The van der Waals surface area contributed by atoms with Crippen molar-refractivity contribution in [3.63, 3.8) is 0 Å². The number of thiocarbonyl (C=S) groups is 1. The number of carbonyl (C=O) groups excluding carboxylic acids is 1. The molecule has 1 aliphatic heterocycles. The van der Waals surface area contributed by atoms with Gasteiger partial charge >= 0.3 is 0 Å². The molecule has 1 aromatic carbocycles. The highest BCUT2D eigenvalue weighted by atomic mass is 32.2. The van der Waals surface area contributed by atoms with Gasteiger partial charge in [-0.3, -0.25) is 18.9 Å². The van der Waals surface area contributed by atoms with Gasteiger partial charge in [0.15, 0.2) is 0 Å². The van der Waals surface area contributed by atoms with Gasteiger partial charge in [0.05, 0.1) is 12.0 Å². The minimum atomic E-state index is -0.335. The number of pyridine rings is 1. The average molecular weight is 468 g/mol. The van der Waals surface area contributed by atoms with Crippen molar-refractivity contribution >= 4 is 45.9 Å². The number of methoxy groups -OCH3 is 1. The number of amides is 1. The fourth-order valence-corrected chi connectivity index (χ4v) is 4.47. The molecule has 0 N–H and O–H groups in total. The van der Waals surface area contributed by atoms with Crippen LogP contribution in [0.3, 0.4) is 0 Å². The van der Waals surface area contributed by atoms with E-state index in [2.05, 4.69) is 11.9 Å². The fraction of sp³-hybridized carbons (Fsp3) is 0.217. The minimum absolute atomic E-state index is 0.116. The highest BCUT2D eigenvalue weighted by molar-refractivity contribution is 8.26. The van der Waals surface area contributed by atoms with Gasteiger partial charge in [0.2, 0.25) is 5.88 Å². The number of carbonyl (C=O) groups is 1. The molecule has 164 valence electrons. The maximum atomic E-state index is 13.3. The van der Waals surface area contributed by atoms with Crippen LogP contribution < -0.4 is 15.0 Å². The molecule has 0 aliphatic carbocycles. The number of fused-ring (bicyclic) bond motifs is 1. The van der Waals surface area contributed by atoms with Crippen LogP contribution >= 0.6 is 24.0 Å². The van der Waals surface area contributed by atoms with Gasteiger partial charge in [0.25, 0.3) is 11.5 Å². The molecule has 9 heteroatoms. The number of unbranched alkanes of at least 4 members (excludes halogenated alkanes) is 1. The lowest BCUT2D eigenvalue weighted by atomic mass is 10.2. The Kier molecular flexibility index (Phi) is 6.57. The number of aromatic nitrogens is 2. The highest BCUT2D eigenvalue weighted by Gasteiger charge is 2.32. The van der Waals surface area contributed by atoms with Gasteiger partial charge in [-0.2, -0.15) is 4.98 Å². The van der Waals surface area contributed by atoms with E-state index < -0.39 is 0 Å². The first-order valence-electron chi connectivity index (χ1n) is 10.1. The molecule has 1 fully saturated rings. The van der Waals surface area contributed by atoms with E-state index in [-0.39, 0.29) is 22.9 Å². The molecule has 0 unspecified atom stereocenters. The largest absolute Gasteiger partial charge is 0.497 e. The van der Waals surface area contributed by atoms with E-state index in [1.165, 1.54) is 22.2 Å². The predicted molar refractivity (Wildman–Crippen MR) is 129 cm³/mol. The van der Waals surface area contributed by atoms with Crippen molar-refractivity contribution in [3.05, 3.63) is 69.5 Å². The molecule has 32 heavy (non-hydrogen) atoms. The molecule has 7 nitrogen and oxygen atoms in total. The van der Waals surface area contributed by atoms with Gasteiger partial charge in [0, 0.05) is 12.7 Å². The smallest absolute Gasteiger partial charge is 0.269 e. The van der Waals surface area contributed by atoms with Crippen LogP contribution in [0.2, 0.25) is 0 Å². The van der Waals surface area contributed by atoms with Crippen LogP contribution in [-0.4, -0.2) is 38.2 Å². The van der Waals surface area contributed by atoms with E-state index in [0.29, 0.717) is 32.9 Å². The van der Waals surface area contributed by atoms with Gasteiger partial charge < -0.3 is 9.47 Å². The Morgan fingerprint density at radius 1 is 1.12 bits per heavy atom. The normalized spacial score (nSPS) is 15.1. The number of hydrogen-bond donors (Lipinski definition) is 0. The Morgan fingerprint density at radius 2 is 1.88 bits per heavy atom. The molecular weight excluding hydrogens is 446 g/mol. The second-order valence-electron chi connectivity index (χ2n) is 7.03. The summed E-state index contributed by atoms with van der Waals surface area (Å²) >= 11 is 6.56. The Morgan fingerprint density at radius 3 is 2.59 bits per heavy atom. The lowest BCUT2D eigenvalue weighted by molar-refractivity contribution is -0.122. The first kappa shape index (κ1) is 22.0. The summed E-state index contributed by atoms with van der Waals surface area (Å²) in [5, 5.41) is 0. The maximum Gasteiger partial charge on any atom is 0.269 e. The molecule has 0 atom stereocenters. The molecule has 0 saturated carbocycles. The second-order valence-corrected chi connectivity index (χ2v) is 8.70. The van der Waals surface area contributed by atoms with E-state index in [1.807, 2.05) is 0 Å². The number of nitrogens with zero attached hydrogens (tertiary/aromatic N) is 3. The molecule has 1 saturated heterocycles. The first-order chi connectivity index (χ1) is 15.5. The zero-order valence-corrected chi connectivity index (χ0v) is 19.2. The average Bonchev–Trinajstić information content (AvgIpc) is 3.07. The lowest BCUT2D eigenvalue weighted by Crippen LogP contribution is -2.29. The van der Waals surface area contributed by atoms with Crippen LogP contribution in [0.5, 0.6) is 17.4 Å². The molecule has 1 amide bonds. The van der Waals surface area contributed by atoms with Crippen molar-refractivity contribution < 1.29 is 14.3 Å². The van der Waals surface area contributed by atoms with Crippen molar-refractivity contribution in [2.45, 2.75) is 19.8 Å². The number of ether oxygens (including phenoxy) is 2.